The molecule has 140 valence electrons. The summed E-state index contributed by atoms with van der Waals surface area (Å²) < 4.78 is 0. The average Bonchev–Trinajstić information content (AvgIpc) is 2.61. The molecule has 2 nitrogen and oxygen atoms in total. The Morgan fingerprint density at radius 3 is 1.75 bits per heavy atom. The zero-order chi connectivity index (χ0) is 17.5. The Morgan fingerprint density at radius 1 is 0.750 bits per heavy atom. The van der Waals surface area contributed by atoms with Crippen LogP contribution >= 0.6 is 0 Å². The summed E-state index contributed by atoms with van der Waals surface area (Å²) in [5, 5.41) is 0. The smallest absolute Gasteiger partial charge is 0.133 e. The topological polar surface area (TPSA) is 34.1 Å². The molecule has 0 aromatic heterocycles. The van der Waals surface area contributed by atoms with E-state index in [1.807, 2.05) is 0 Å². The van der Waals surface area contributed by atoms with Gasteiger partial charge in [-0.3, -0.25) is 0 Å². The lowest BCUT2D eigenvalue weighted by Crippen LogP contribution is -2.34. The number of rotatable bonds is 6. The minimum absolute atomic E-state index is 0.268. The van der Waals surface area contributed by atoms with E-state index in [9.17, 15) is 9.59 Å². The molecule has 0 amide bonds. The number of unbranched alkanes of at least 4 members (excludes halogenated alkanes) is 2. The van der Waals surface area contributed by atoms with Crippen LogP contribution in [0.5, 0.6) is 0 Å². The number of hydrogen-bond acceptors (Lipinski definition) is 2. The lowest BCUT2D eigenvalue weighted by Gasteiger charge is -2.32. The monoisotopic (exact) mass is 336 g/mol. The van der Waals surface area contributed by atoms with Crippen molar-refractivity contribution in [3.63, 3.8) is 0 Å². The maximum absolute atomic E-state index is 11.9. The minimum Gasteiger partial charge on any atom is -0.302 e. The van der Waals surface area contributed by atoms with Crippen molar-refractivity contribution in [1.82, 2.24) is 0 Å². The number of carbonyl (C=O) groups excluding carboxylic acids is 2. The van der Waals surface area contributed by atoms with Gasteiger partial charge in [-0.2, -0.15) is 0 Å². The second-order valence-corrected chi connectivity index (χ2v) is 7.97. The first kappa shape index (κ1) is 21.4. The fraction of sp³-hybridized carbons (Fsp3) is 0.909. The molecule has 0 N–H and O–H groups in total. The molecule has 1 unspecified atom stereocenters. The summed E-state index contributed by atoms with van der Waals surface area (Å²) in [6.45, 7) is 2.21. The summed E-state index contributed by atoms with van der Waals surface area (Å²) in [5.41, 5.74) is -0.700. The fourth-order valence-electron chi connectivity index (χ4n) is 4.28. The Kier molecular flexibility index (Phi) is 12.1. The Balaban J connectivity index is 2.71. The van der Waals surface area contributed by atoms with Crippen molar-refractivity contribution < 1.29 is 9.59 Å². The van der Waals surface area contributed by atoms with Gasteiger partial charge in [0.15, 0.2) is 0 Å². The fourth-order valence-corrected chi connectivity index (χ4v) is 4.28. The molecule has 0 heterocycles. The molecule has 1 aliphatic carbocycles. The summed E-state index contributed by atoms with van der Waals surface area (Å²) >= 11 is 0. The highest BCUT2D eigenvalue weighted by Crippen LogP contribution is 2.37. The van der Waals surface area contributed by atoms with Gasteiger partial charge in [0.1, 0.15) is 12.6 Å². The molecule has 0 bridgehead atoms. The van der Waals surface area contributed by atoms with Crippen LogP contribution in [-0.4, -0.2) is 12.6 Å². The van der Waals surface area contributed by atoms with Gasteiger partial charge in [0.25, 0.3) is 0 Å². The van der Waals surface area contributed by atoms with Gasteiger partial charge in [-0.05, 0) is 25.2 Å². The molecular formula is C22H40O2. The van der Waals surface area contributed by atoms with Gasteiger partial charge < -0.3 is 9.59 Å². The van der Waals surface area contributed by atoms with Gasteiger partial charge in [0, 0.05) is 0 Å². The van der Waals surface area contributed by atoms with E-state index in [-0.39, 0.29) is 5.92 Å². The standard InChI is InChI=1S/C22H40O2/c1-2-3-13-16-21-17-14-11-9-7-5-4-6-8-10-12-15-18-22(21,19-23)20-24/h19-21H,2-18H2,1H3. The molecule has 2 heteroatoms. The first-order chi connectivity index (χ1) is 11.8. The Bertz CT molecular complexity index is 316. The maximum atomic E-state index is 11.9. The molecule has 1 aliphatic rings. The lowest BCUT2D eigenvalue weighted by molar-refractivity contribution is -0.131. The molecule has 0 aromatic rings. The molecule has 1 atom stereocenters. The van der Waals surface area contributed by atoms with Crippen LogP contribution in [0.15, 0.2) is 0 Å². The van der Waals surface area contributed by atoms with Crippen LogP contribution in [0.4, 0.5) is 0 Å². The molecule has 0 radical (unpaired) electrons. The van der Waals surface area contributed by atoms with Gasteiger partial charge in [0.05, 0.1) is 5.41 Å². The van der Waals surface area contributed by atoms with Crippen LogP contribution in [0, 0.1) is 11.3 Å². The summed E-state index contributed by atoms with van der Waals surface area (Å²) in [5.74, 6) is 0.268. The van der Waals surface area contributed by atoms with Crippen molar-refractivity contribution in [3.8, 4) is 0 Å². The van der Waals surface area contributed by atoms with Crippen molar-refractivity contribution in [2.24, 2.45) is 11.3 Å². The average molecular weight is 337 g/mol. The molecule has 24 heavy (non-hydrogen) atoms. The summed E-state index contributed by atoms with van der Waals surface area (Å²) in [7, 11) is 0. The van der Waals surface area contributed by atoms with E-state index < -0.39 is 5.41 Å². The number of hydrogen-bond donors (Lipinski definition) is 0. The maximum Gasteiger partial charge on any atom is 0.133 e. The van der Waals surface area contributed by atoms with Crippen LogP contribution < -0.4 is 0 Å². The summed E-state index contributed by atoms with van der Waals surface area (Å²) in [4.78, 5) is 23.8. The van der Waals surface area contributed by atoms with E-state index in [1.54, 1.807) is 0 Å². The first-order valence-electron chi connectivity index (χ1n) is 10.7. The van der Waals surface area contributed by atoms with Crippen LogP contribution in [0.2, 0.25) is 0 Å². The molecule has 1 saturated carbocycles. The van der Waals surface area contributed by atoms with Crippen LogP contribution in [0.25, 0.3) is 0 Å². The van der Waals surface area contributed by atoms with Crippen LogP contribution in [0.3, 0.4) is 0 Å². The Hall–Kier alpha value is -0.660. The molecule has 0 aliphatic heterocycles. The minimum atomic E-state index is -0.700. The van der Waals surface area contributed by atoms with Crippen molar-refractivity contribution in [2.45, 2.75) is 116 Å². The number of aldehydes is 2. The molecule has 0 aromatic carbocycles. The van der Waals surface area contributed by atoms with Crippen molar-refractivity contribution in [2.75, 3.05) is 0 Å². The highest BCUT2D eigenvalue weighted by atomic mass is 16.1. The molecule has 0 saturated heterocycles. The third-order valence-corrected chi connectivity index (χ3v) is 6.02. The molecule has 1 fully saturated rings. The van der Waals surface area contributed by atoms with E-state index in [4.69, 9.17) is 0 Å². The van der Waals surface area contributed by atoms with E-state index in [2.05, 4.69) is 6.92 Å². The zero-order valence-electron chi connectivity index (χ0n) is 16.1. The lowest BCUT2D eigenvalue weighted by atomic mass is 9.69. The highest BCUT2D eigenvalue weighted by Gasteiger charge is 2.37. The van der Waals surface area contributed by atoms with E-state index in [0.29, 0.717) is 0 Å². The van der Waals surface area contributed by atoms with E-state index >= 15 is 0 Å². The third-order valence-electron chi connectivity index (χ3n) is 6.02. The van der Waals surface area contributed by atoms with Crippen LogP contribution in [0.1, 0.15) is 116 Å². The second kappa shape index (κ2) is 13.6. The second-order valence-electron chi connectivity index (χ2n) is 7.97. The normalized spacial score (nSPS) is 24.5. The summed E-state index contributed by atoms with van der Waals surface area (Å²) in [6, 6.07) is 0. The van der Waals surface area contributed by atoms with Crippen molar-refractivity contribution in [1.29, 1.82) is 0 Å². The molecular weight excluding hydrogens is 296 g/mol. The Morgan fingerprint density at radius 2 is 1.25 bits per heavy atom. The quantitative estimate of drug-likeness (QED) is 0.309. The van der Waals surface area contributed by atoms with Crippen molar-refractivity contribution in [3.05, 3.63) is 0 Å². The van der Waals surface area contributed by atoms with Gasteiger partial charge >= 0.3 is 0 Å². The van der Waals surface area contributed by atoms with E-state index in [0.717, 1.165) is 44.7 Å². The predicted molar refractivity (Wildman–Crippen MR) is 102 cm³/mol. The SMILES string of the molecule is CCCCCC1CCCCCCCCCCCCCC1(C=O)C=O. The third kappa shape index (κ3) is 7.94. The molecule has 1 rings (SSSR count). The highest BCUT2D eigenvalue weighted by molar-refractivity contribution is 5.84. The van der Waals surface area contributed by atoms with E-state index in [1.165, 1.54) is 77.0 Å². The Labute approximate surface area is 150 Å². The van der Waals surface area contributed by atoms with Gasteiger partial charge in [0.2, 0.25) is 0 Å². The molecule has 0 spiro atoms. The van der Waals surface area contributed by atoms with Gasteiger partial charge in [-0.1, -0.05) is 96.8 Å². The zero-order valence-corrected chi connectivity index (χ0v) is 16.1. The first-order valence-corrected chi connectivity index (χ1v) is 10.7. The van der Waals surface area contributed by atoms with Crippen LogP contribution in [-0.2, 0) is 9.59 Å². The predicted octanol–water partition coefficient (Wildman–Crippen LogP) is 6.65. The van der Waals surface area contributed by atoms with Gasteiger partial charge in [-0.25, -0.2) is 0 Å². The van der Waals surface area contributed by atoms with Crippen molar-refractivity contribution >= 4 is 12.6 Å². The van der Waals surface area contributed by atoms with Gasteiger partial charge in [-0.15, -0.1) is 0 Å². The summed E-state index contributed by atoms with van der Waals surface area (Å²) in [6.07, 6.45) is 22.5. The number of carbonyl (C=O) groups is 2. The largest absolute Gasteiger partial charge is 0.302 e.